The Balaban J connectivity index is 1.21. The molecule has 1 aliphatic rings. The number of pyridine rings is 1. The number of aromatic nitrogens is 1. The molecular weight excluding hydrogens is 583 g/mol. The van der Waals surface area contributed by atoms with Crippen LogP contribution in [-0.4, -0.2) is 79.6 Å². The first-order valence-corrected chi connectivity index (χ1v) is 14.5. The Bertz CT molecular complexity index is 1660. The van der Waals surface area contributed by atoms with E-state index in [0.717, 1.165) is 30.3 Å². The number of amides is 3. The summed E-state index contributed by atoms with van der Waals surface area (Å²) in [7, 11) is 1.49. The van der Waals surface area contributed by atoms with E-state index in [1.54, 1.807) is 24.3 Å². The molecule has 3 aromatic carbocycles. The molecule has 12 heteroatoms. The first-order valence-electron chi connectivity index (χ1n) is 14.5. The molecule has 2 heterocycles. The van der Waals surface area contributed by atoms with Gasteiger partial charge in [-0.05, 0) is 36.8 Å². The fourth-order valence-corrected chi connectivity index (χ4v) is 4.93. The number of aryl methyl sites for hydroxylation is 1. The zero-order valence-electron chi connectivity index (χ0n) is 25.0. The zero-order chi connectivity index (χ0) is 31.8. The van der Waals surface area contributed by atoms with E-state index in [0.29, 0.717) is 47.9 Å². The second-order valence-electron chi connectivity index (χ2n) is 10.6. The van der Waals surface area contributed by atoms with Gasteiger partial charge in [-0.15, -0.1) is 0 Å². The number of hydrogen-bond donors (Lipinski definition) is 3. The van der Waals surface area contributed by atoms with Gasteiger partial charge >= 0.3 is 6.03 Å². The molecule has 1 unspecified atom stereocenters. The van der Waals surface area contributed by atoms with Crippen molar-refractivity contribution < 1.29 is 38.0 Å². The maximum atomic E-state index is 15.1. The summed E-state index contributed by atoms with van der Waals surface area (Å²) in [6.07, 6.45) is 0.843. The highest BCUT2D eigenvalue weighted by Crippen LogP contribution is 2.38. The minimum Gasteiger partial charge on any atom is -0.493 e. The lowest BCUT2D eigenvalue weighted by atomic mass is 10.1. The van der Waals surface area contributed by atoms with Gasteiger partial charge in [-0.3, -0.25) is 20.0 Å². The van der Waals surface area contributed by atoms with Crippen molar-refractivity contribution in [2.75, 3.05) is 51.9 Å². The smallest absolute Gasteiger partial charge is 0.325 e. The second kappa shape index (κ2) is 14.8. The molecule has 0 radical (unpaired) electrons. The van der Waals surface area contributed by atoms with Crippen molar-refractivity contribution in [3.8, 4) is 23.0 Å². The zero-order valence-corrected chi connectivity index (χ0v) is 25.0. The van der Waals surface area contributed by atoms with E-state index in [1.165, 1.54) is 25.4 Å². The van der Waals surface area contributed by atoms with E-state index < -0.39 is 23.9 Å². The van der Waals surface area contributed by atoms with Crippen LogP contribution in [0.4, 0.5) is 14.9 Å². The minimum absolute atomic E-state index is 0.0331. The summed E-state index contributed by atoms with van der Waals surface area (Å²) in [6, 6.07) is 15.5. The lowest BCUT2D eigenvalue weighted by Crippen LogP contribution is -2.42. The number of morpholine rings is 1. The Hall–Kier alpha value is -4.78. The number of ether oxygens (including phenoxy) is 4. The van der Waals surface area contributed by atoms with Crippen LogP contribution in [-0.2, 0) is 16.0 Å². The molecule has 1 fully saturated rings. The molecular formula is C33H35FN4O7. The number of hydrogen-bond acceptors (Lipinski definition) is 9. The normalized spacial score (nSPS) is 14.0. The number of aliphatic hydroxyl groups is 1. The third kappa shape index (κ3) is 8.66. The van der Waals surface area contributed by atoms with Crippen LogP contribution in [0.5, 0.6) is 23.0 Å². The monoisotopic (exact) mass is 618 g/mol. The molecule has 4 aromatic rings. The molecule has 236 valence electrons. The van der Waals surface area contributed by atoms with Gasteiger partial charge in [0, 0.05) is 49.0 Å². The molecule has 1 saturated heterocycles. The number of nitrogens with zero attached hydrogens (tertiary/aromatic N) is 2. The van der Waals surface area contributed by atoms with E-state index >= 15 is 4.39 Å². The summed E-state index contributed by atoms with van der Waals surface area (Å²) >= 11 is 0. The second-order valence-corrected chi connectivity index (χ2v) is 10.6. The molecule has 3 N–H and O–H groups in total. The van der Waals surface area contributed by atoms with Crippen molar-refractivity contribution >= 4 is 28.5 Å². The number of halogens is 1. The molecule has 1 atom stereocenters. The molecule has 1 aromatic heterocycles. The lowest BCUT2D eigenvalue weighted by Gasteiger charge is -2.28. The Labute approximate surface area is 259 Å². The van der Waals surface area contributed by atoms with Gasteiger partial charge in [-0.1, -0.05) is 29.8 Å². The van der Waals surface area contributed by atoms with E-state index in [4.69, 9.17) is 18.9 Å². The topological polar surface area (TPSA) is 131 Å². The highest BCUT2D eigenvalue weighted by molar-refractivity contribution is 6.01. The van der Waals surface area contributed by atoms with E-state index in [9.17, 15) is 14.7 Å². The number of nitrogens with one attached hydrogen (secondary N) is 2. The number of β-amino-alcohol motifs (C(OH)–C–C–N with tert-alkyl or cyclic N) is 1. The van der Waals surface area contributed by atoms with E-state index in [2.05, 4.69) is 20.5 Å². The van der Waals surface area contributed by atoms with Crippen LogP contribution >= 0.6 is 0 Å². The minimum atomic E-state index is -0.778. The van der Waals surface area contributed by atoms with Crippen molar-refractivity contribution in [3.05, 3.63) is 83.8 Å². The number of aliphatic hydroxyl groups excluding tert-OH is 1. The van der Waals surface area contributed by atoms with Crippen LogP contribution in [0.15, 0.2) is 66.9 Å². The Morgan fingerprint density at radius 3 is 2.62 bits per heavy atom. The summed E-state index contributed by atoms with van der Waals surface area (Å²) < 4.78 is 37.7. The van der Waals surface area contributed by atoms with Crippen LogP contribution < -0.4 is 24.8 Å². The maximum Gasteiger partial charge on any atom is 0.325 e. The Morgan fingerprint density at radius 2 is 1.87 bits per heavy atom. The fourth-order valence-electron chi connectivity index (χ4n) is 4.93. The summed E-state index contributed by atoms with van der Waals surface area (Å²) in [5, 5.41) is 15.7. The molecule has 0 bridgehead atoms. The first-order chi connectivity index (χ1) is 21.8. The number of methoxy groups -OCH3 is 1. The predicted octanol–water partition coefficient (Wildman–Crippen LogP) is 4.45. The molecule has 1 aliphatic heterocycles. The van der Waals surface area contributed by atoms with Crippen molar-refractivity contribution in [3.63, 3.8) is 0 Å². The summed E-state index contributed by atoms with van der Waals surface area (Å²) in [5.41, 5.74) is 2.43. The van der Waals surface area contributed by atoms with Gasteiger partial charge in [0.2, 0.25) is 5.91 Å². The number of benzene rings is 3. The van der Waals surface area contributed by atoms with Crippen molar-refractivity contribution in [2.45, 2.75) is 19.4 Å². The standard InChI is InChI=1S/C33H35FN4O7/c1-21-4-3-5-22(14-21)15-32(40)37-33(41)36-23-6-7-29(26(34)16-23)45-28-8-9-35-27-18-31(30(42-2)17-25(27)28)44-20-24(39)19-38-10-12-43-13-11-38/h3-9,14,16-18,24,39H,10-13,15,19-20H2,1-2H3,(H2,36,37,40,41). The van der Waals surface area contributed by atoms with Crippen LogP contribution in [0.1, 0.15) is 11.1 Å². The molecule has 0 spiro atoms. The van der Waals surface area contributed by atoms with Crippen LogP contribution in [0.3, 0.4) is 0 Å². The van der Waals surface area contributed by atoms with Gasteiger partial charge < -0.3 is 29.4 Å². The van der Waals surface area contributed by atoms with Gasteiger partial charge in [0.1, 0.15) is 18.5 Å². The highest BCUT2D eigenvalue weighted by Gasteiger charge is 2.18. The number of carbonyl (C=O) groups excluding carboxylic acids is 2. The van der Waals surface area contributed by atoms with Gasteiger partial charge in [0.15, 0.2) is 23.1 Å². The lowest BCUT2D eigenvalue weighted by molar-refractivity contribution is -0.119. The summed E-state index contributed by atoms with van der Waals surface area (Å²) in [6.45, 7) is 5.23. The third-order valence-corrected chi connectivity index (χ3v) is 7.10. The quantitative estimate of drug-likeness (QED) is 0.223. The summed E-state index contributed by atoms with van der Waals surface area (Å²) in [4.78, 5) is 31.1. The third-order valence-electron chi connectivity index (χ3n) is 7.10. The molecule has 3 amide bonds. The van der Waals surface area contributed by atoms with Crippen molar-refractivity contribution in [1.82, 2.24) is 15.2 Å². The number of carbonyl (C=O) groups is 2. The number of imide groups is 1. The Morgan fingerprint density at radius 1 is 1.04 bits per heavy atom. The molecule has 45 heavy (non-hydrogen) atoms. The number of fused-ring (bicyclic) bond motifs is 1. The first kappa shape index (κ1) is 31.6. The average molecular weight is 619 g/mol. The molecule has 11 nitrogen and oxygen atoms in total. The maximum absolute atomic E-state index is 15.1. The van der Waals surface area contributed by atoms with E-state index in [1.807, 2.05) is 25.1 Å². The van der Waals surface area contributed by atoms with Crippen LogP contribution in [0, 0.1) is 12.7 Å². The van der Waals surface area contributed by atoms with Crippen molar-refractivity contribution in [1.29, 1.82) is 0 Å². The van der Waals surface area contributed by atoms with Gasteiger partial charge in [-0.25, -0.2) is 9.18 Å². The van der Waals surface area contributed by atoms with Gasteiger partial charge in [-0.2, -0.15) is 0 Å². The van der Waals surface area contributed by atoms with Gasteiger partial charge in [0.25, 0.3) is 0 Å². The average Bonchev–Trinajstić information content (AvgIpc) is 3.01. The molecule has 0 saturated carbocycles. The van der Waals surface area contributed by atoms with Crippen LogP contribution in [0.2, 0.25) is 0 Å². The van der Waals surface area contributed by atoms with Gasteiger partial charge in [0.05, 0.1) is 32.3 Å². The fraction of sp³-hybridized carbons (Fsp3) is 0.303. The Kier molecular flexibility index (Phi) is 10.4. The number of urea groups is 1. The molecule has 0 aliphatic carbocycles. The van der Waals surface area contributed by atoms with E-state index in [-0.39, 0.29) is 24.5 Å². The predicted molar refractivity (Wildman–Crippen MR) is 166 cm³/mol. The van der Waals surface area contributed by atoms with Crippen molar-refractivity contribution in [2.24, 2.45) is 0 Å². The number of anilines is 1. The number of rotatable bonds is 11. The van der Waals surface area contributed by atoms with Crippen LogP contribution in [0.25, 0.3) is 10.9 Å². The highest BCUT2D eigenvalue weighted by atomic mass is 19.1. The largest absolute Gasteiger partial charge is 0.493 e. The summed E-state index contributed by atoms with van der Waals surface area (Å²) in [5.74, 6) is -0.207. The SMILES string of the molecule is COc1cc2c(Oc3ccc(NC(=O)NC(=O)Cc4cccc(C)c4)cc3F)ccnc2cc1OCC(O)CN1CCOCC1. The molecule has 5 rings (SSSR count).